The molecule has 2 heterocycles. The first-order valence-corrected chi connectivity index (χ1v) is 10.2. The third-order valence-corrected chi connectivity index (χ3v) is 6.57. The number of nitrogens with one attached hydrogen (secondary N) is 1. The molecule has 1 aliphatic heterocycles. The van der Waals surface area contributed by atoms with Crippen LogP contribution in [0.1, 0.15) is 18.4 Å². The lowest BCUT2D eigenvalue weighted by molar-refractivity contribution is 0.477. The van der Waals surface area contributed by atoms with Gasteiger partial charge in [0.2, 0.25) is 10.0 Å². The van der Waals surface area contributed by atoms with Crippen molar-refractivity contribution in [1.82, 2.24) is 9.29 Å². The van der Waals surface area contributed by atoms with Gasteiger partial charge in [0, 0.05) is 24.7 Å². The van der Waals surface area contributed by atoms with Crippen molar-refractivity contribution in [1.29, 1.82) is 0 Å². The van der Waals surface area contributed by atoms with Crippen molar-refractivity contribution in [3.05, 3.63) is 53.1 Å². The fourth-order valence-corrected chi connectivity index (χ4v) is 4.69. The van der Waals surface area contributed by atoms with Crippen LogP contribution in [0.5, 0.6) is 0 Å². The van der Waals surface area contributed by atoms with Gasteiger partial charge in [-0.15, -0.1) is 0 Å². The van der Waals surface area contributed by atoms with Crippen LogP contribution in [0.15, 0.2) is 51.8 Å². The second kappa shape index (κ2) is 6.90. The van der Waals surface area contributed by atoms with E-state index in [0.717, 1.165) is 18.4 Å². The maximum Gasteiger partial charge on any atom is 0.295 e. The van der Waals surface area contributed by atoms with Crippen molar-refractivity contribution in [2.24, 2.45) is 0 Å². The predicted octanol–water partition coefficient (Wildman–Crippen LogP) is 3.88. The van der Waals surface area contributed by atoms with Gasteiger partial charge in [0.05, 0.1) is 4.90 Å². The molecule has 1 N–H and O–H groups in total. The molecule has 1 fully saturated rings. The summed E-state index contributed by atoms with van der Waals surface area (Å²) in [5, 5.41) is 3.71. The van der Waals surface area contributed by atoms with E-state index in [1.807, 2.05) is 0 Å². The Labute approximate surface area is 156 Å². The summed E-state index contributed by atoms with van der Waals surface area (Å²) in [6.07, 6.45) is 1.86. The maximum absolute atomic E-state index is 12.5. The van der Waals surface area contributed by atoms with Crippen LogP contribution in [-0.2, 0) is 16.6 Å². The summed E-state index contributed by atoms with van der Waals surface area (Å²) in [7, 11) is -3.37. The lowest BCUT2D eigenvalue weighted by Gasteiger charge is -2.15. The van der Waals surface area contributed by atoms with Gasteiger partial charge in [-0.1, -0.05) is 23.7 Å². The van der Waals surface area contributed by atoms with E-state index in [9.17, 15) is 8.42 Å². The smallest absolute Gasteiger partial charge is 0.295 e. The molecule has 0 spiro atoms. The Bertz CT molecular complexity index is 1030. The summed E-state index contributed by atoms with van der Waals surface area (Å²) in [6.45, 7) is 1.69. The van der Waals surface area contributed by atoms with E-state index in [1.165, 1.54) is 0 Å². The van der Waals surface area contributed by atoms with Crippen molar-refractivity contribution in [3.63, 3.8) is 0 Å². The summed E-state index contributed by atoms with van der Waals surface area (Å²) in [6, 6.07) is 12.6. The van der Waals surface area contributed by atoms with Crippen LogP contribution in [0, 0.1) is 0 Å². The van der Waals surface area contributed by atoms with Crippen LogP contribution in [0.4, 0.5) is 6.01 Å². The van der Waals surface area contributed by atoms with Crippen molar-refractivity contribution >= 4 is 38.7 Å². The van der Waals surface area contributed by atoms with Gasteiger partial charge in [0.1, 0.15) is 5.52 Å². The molecule has 4 rings (SSSR count). The molecule has 8 heteroatoms. The van der Waals surface area contributed by atoms with Gasteiger partial charge in [-0.05, 0) is 48.7 Å². The zero-order valence-corrected chi connectivity index (χ0v) is 15.6. The molecule has 0 unspecified atom stereocenters. The van der Waals surface area contributed by atoms with Gasteiger partial charge in [-0.3, -0.25) is 0 Å². The Hall–Kier alpha value is -2.09. The van der Waals surface area contributed by atoms with E-state index < -0.39 is 10.0 Å². The predicted molar refractivity (Wildman–Crippen MR) is 101 cm³/mol. The normalized spacial score (nSPS) is 15.6. The van der Waals surface area contributed by atoms with E-state index >= 15 is 0 Å². The molecular formula is C18H18ClN3O3S. The summed E-state index contributed by atoms with van der Waals surface area (Å²) in [4.78, 5) is 4.67. The zero-order valence-electron chi connectivity index (χ0n) is 14.0. The second-order valence-corrected chi connectivity index (χ2v) is 8.61. The van der Waals surface area contributed by atoms with Crippen LogP contribution >= 0.6 is 11.6 Å². The highest BCUT2D eigenvalue weighted by Gasteiger charge is 2.26. The summed E-state index contributed by atoms with van der Waals surface area (Å²) in [5.41, 5.74) is 2.28. The Morgan fingerprint density at radius 1 is 1.12 bits per heavy atom. The topological polar surface area (TPSA) is 75.4 Å². The van der Waals surface area contributed by atoms with Crippen molar-refractivity contribution in [2.75, 3.05) is 18.4 Å². The van der Waals surface area contributed by atoms with Crippen molar-refractivity contribution in [3.8, 4) is 0 Å². The van der Waals surface area contributed by atoms with Gasteiger partial charge in [-0.2, -0.15) is 9.29 Å². The number of sulfonamides is 1. The number of oxazole rings is 1. The standard InChI is InChI=1S/C18H18ClN3O3S/c19-14-5-8-17-16(11-14)21-18(25-17)20-12-13-3-6-15(7-4-13)26(23,24)22-9-1-2-10-22/h3-8,11H,1-2,9-10,12H2,(H,20,21). The lowest BCUT2D eigenvalue weighted by atomic mass is 10.2. The first-order valence-electron chi connectivity index (χ1n) is 8.41. The van der Waals surface area contributed by atoms with Crippen molar-refractivity contribution in [2.45, 2.75) is 24.3 Å². The van der Waals surface area contributed by atoms with Crippen LogP contribution in [0.2, 0.25) is 5.02 Å². The minimum atomic E-state index is -3.37. The molecule has 3 aromatic rings. The molecule has 0 radical (unpaired) electrons. The minimum Gasteiger partial charge on any atom is -0.424 e. The van der Waals surface area contributed by atoms with Gasteiger partial charge in [-0.25, -0.2) is 8.42 Å². The van der Waals surface area contributed by atoms with Crippen LogP contribution < -0.4 is 5.32 Å². The Morgan fingerprint density at radius 2 is 1.85 bits per heavy atom. The Balaban J connectivity index is 1.45. The molecule has 2 aromatic carbocycles. The summed E-state index contributed by atoms with van der Waals surface area (Å²) < 4.78 is 32.2. The van der Waals surface area contributed by atoms with Crippen LogP contribution in [0.3, 0.4) is 0 Å². The zero-order chi connectivity index (χ0) is 18.1. The molecule has 0 amide bonds. The molecule has 0 aliphatic carbocycles. The summed E-state index contributed by atoms with van der Waals surface area (Å²) in [5.74, 6) is 0. The monoisotopic (exact) mass is 391 g/mol. The third kappa shape index (κ3) is 3.42. The van der Waals surface area contributed by atoms with Gasteiger partial charge in [0.15, 0.2) is 5.58 Å². The number of hydrogen-bond acceptors (Lipinski definition) is 5. The van der Waals surface area contributed by atoms with E-state index in [-0.39, 0.29) is 0 Å². The molecule has 0 bridgehead atoms. The fourth-order valence-electron chi connectivity index (χ4n) is 3.01. The molecular weight excluding hydrogens is 374 g/mol. The highest BCUT2D eigenvalue weighted by atomic mass is 35.5. The van der Waals surface area contributed by atoms with Crippen molar-refractivity contribution < 1.29 is 12.8 Å². The fraction of sp³-hybridized carbons (Fsp3) is 0.278. The van der Waals surface area contributed by atoms with E-state index in [1.54, 1.807) is 46.8 Å². The number of rotatable bonds is 5. The number of benzene rings is 2. The average Bonchev–Trinajstić information content (AvgIpc) is 3.30. The lowest BCUT2D eigenvalue weighted by Crippen LogP contribution is -2.27. The number of halogens is 1. The molecule has 0 saturated carbocycles. The van der Waals surface area contributed by atoms with Crippen LogP contribution in [-0.4, -0.2) is 30.8 Å². The average molecular weight is 392 g/mol. The second-order valence-electron chi connectivity index (χ2n) is 6.24. The molecule has 1 aliphatic rings. The molecule has 1 saturated heterocycles. The molecule has 0 atom stereocenters. The van der Waals surface area contributed by atoms with Gasteiger partial charge in [0.25, 0.3) is 6.01 Å². The number of hydrogen-bond donors (Lipinski definition) is 1. The maximum atomic E-state index is 12.5. The first kappa shape index (κ1) is 17.3. The van der Waals surface area contributed by atoms with Gasteiger partial charge >= 0.3 is 0 Å². The quantitative estimate of drug-likeness (QED) is 0.714. The minimum absolute atomic E-state index is 0.333. The summed E-state index contributed by atoms with van der Waals surface area (Å²) >= 11 is 5.94. The third-order valence-electron chi connectivity index (χ3n) is 4.42. The number of nitrogens with zero attached hydrogens (tertiary/aromatic N) is 2. The molecule has 6 nitrogen and oxygen atoms in total. The van der Waals surface area contributed by atoms with Crippen LogP contribution in [0.25, 0.3) is 11.1 Å². The molecule has 1 aromatic heterocycles. The van der Waals surface area contributed by atoms with E-state index in [4.69, 9.17) is 16.0 Å². The first-order chi connectivity index (χ1) is 12.5. The Kier molecular flexibility index (Phi) is 4.60. The van der Waals surface area contributed by atoms with E-state index in [0.29, 0.717) is 46.7 Å². The van der Waals surface area contributed by atoms with E-state index in [2.05, 4.69) is 10.3 Å². The number of aromatic nitrogens is 1. The highest BCUT2D eigenvalue weighted by Crippen LogP contribution is 2.23. The highest BCUT2D eigenvalue weighted by molar-refractivity contribution is 7.89. The Morgan fingerprint density at radius 3 is 2.58 bits per heavy atom. The number of anilines is 1. The molecule has 136 valence electrons. The van der Waals surface area contributed by atoms with Gasteiger partial charge < -0.3 is 9.73 Å². The molecule has 26 heavy (non-hydrogen) atoms. The number of fused-ring (bicyclic) bond motifs is 1. The SMILES string of the molecule is O=S(=O)(c1ccc(CNc2nc3cc(Cl)ccc3o2)cc1)N1CCCC1. The largest absolute Gasteiger partial charge is 0.424 e.